The maximum Gasteiger partial charge on any atom is 0.197 e. The fourth-order valence-corrected chi connectivity index (χ4v) is 3.00. The molecule has 0 fully saturated rings. The molecule has 0 aliphatic carbocycles. The average Bonchev–Trinajstić information content (AvgIpc) is 3.33. The average molecular weight is 371 g/mol. The lowest BCUT2D eigenvalue weighted by Gasteiger charge is -2.06. The fraction of sp³-hybridized carbons (Fsp3) is 0.571. The van der Waals surface area contributed by atoms with Crippen LogP contribution in [0, 0.1) is 13.8 Å². The van der Waals surface area contributed by atoms with Crippen LogP contribution in [0.4, 0.5) is 0 Å². The minimum absolute atomic E-state index is 0.114. The molecule has 3 heterocycles. The third-order valence-electron chi connectivity index (χ3n) is 4.82. The van der Waals surface area contributed by atoms with Gasteiger partial charge < -0.3 is 13.3 Å². The highest BCUT2D eigenvalue weighted by molar-refractivity contribution is 5.12. The summed E-state index contributed by atoms with van der Waals surface area (Å²) in [5.41, 5.74) is 0.947. The zero-order valence-corrected chi connectivity index (χ0v) is 17.1. The molecule has 0 spiro atoms. The number of aryl methyl sites for hydroxylation is 3. The van der Waals surface area contributed by atoms with Gasteiger partial charge in [-0.2, -0.15) is 0 Å². The summed E-state index contributed by atoms with van der Waals surface area (Å²) in [5.74, 6) is 5.64. The molecule has 3 rings (SSSR count). The van der Waals surface area contributed by atoms with Crippen LogP contribution in [0.25, 0.3) is 0 Å². The lowest BCUT2D eigenvalue weighted by atomic mass is 10.0. The van der Waals surface area contributed by atoms with Crippen molar-refractivity contribution in [2.45, 2.75) is 78.6 Å². The molecule has 27 heavy (non-hydrogen) atoms. The number of rotatable bonds is 8. The molecule has 2 unspecified atom stereocenters. The number of nitrogens with zero attached hydrogens (tertiary/aromatic N) is 3. The molecule has 2 atom stereocenters. The van der Waals surface area contributed by atoms with E-state index in [-0.39, 0.29) is 11.8 Å². The highest BCUT2D eigenvalue weighted by Gasteiger charge is 2.20. The van der Waals surface area contributed by atoms with Crippen molar-refractivity contribution in [3.05, 3.63) is 53.0 Å². The Morgan fingerprint density at radius 2 is 1.67 bits per heavy atom. The summed E-state index contributed by atoms with van der Waals surface area (Å²) < 4.78 is 17.5. The molecule has 3 aromatic rings. The third-order valence-corrected chi connectivity index (χ3v) is 4.82. The summed E-state index contributed by atoms with van der Waals surface area (Å²) in [7, 11) is 0. The maximum atomic E-state index is 6.06. The van der Waals surface area contributed by atoms with E-state index in [4.69, 9.17) is 13.3 Å². The molecule has 0 N–H and O–H groups in total. The Balaban J connectivity index is 1.61. The zero-order chi connectivity index (χ0) is 19.6. The van der Waals surface area contributed by atoms with Gasteiger partial charge in [0.2, 0.25) is 0 Å². The van der Waals surface area contributed by atoms with Crippen LogP contribution in [0.3, 0.4) is 0 Å². The van der Waals surface area contributed by atoms with Gasteiger partial charge in [-0.05, 0) is 20.3 Å². The molecule has 0 aliphatic heterocycles. The largest absolute Gasteiger partial charge is 0.446 e. The highest BCUT2D eigenvalue weighted by Crippen LogP contribution is 2.26. The Bertz CT molecular complexity index is 875. The number of hydrogen-bond donors (Lipinski definition) is 0. The normalized spacial score (nSPS) is 14.0. The summed E-state index contributed by atoms with van der Waals surface area (Å²) in [6.07, 6.45) is 5.97. The van der Waals surface area contributed by atoms with Crippen molar-refractivity contribution in [1.82, 2.24) is 15.0 Å². The first kappa shape index (κ1) is 19.4. The van der Waals surface area contributed by atoms with Gasteiger partial charge in [0.1, 0.15) is 17.3 Å². The molecule has 3 aromatic heterocycles. The molecule has 0 radical (unpaired) electrons. The standard InChI is InChI=1S/C21H29N3O3/c1-12(2)18-11-22-19(26-18)9-14(4)21-24-16(6)17(27-21)8-7-13(3)20-23-10-15(5)25-20/h10-14H,7-9H2,1-6H3. The smallest absolute Gasteiger partial charge is 0.197 e. The number of hydrogen-bond acceptors (Lipinski definition) is 6. The van der Waals surface area contributed by atoms with E-state index >= 15 is 0 Å². The fourth-order valence-electron chi connectivity index (χ4n) is 3.00. The van der Waals surface area contributed by atoms with Gasteiger partial charge in [0.25, 0.3) is 0 Å². The molecule has 6 nitrogen and oxygen atoms in total. The molecular weight excluding hydrogens is 342 g/mol. The molecule has 0 aliphatic rings. The van der Waals surface area contributed by atoms with Crippen molar-refractivity contribution < 1.29 is 13.3 Å². The van der Waals surface area contributed by atoms with Gasteiger partial charge in [-0.15, -0.1) is 0 Å². The second kappa shape index (κ2) is 8.11. The lowest BCUT2D eigenvalue weighted by molar-refractivity contribution is 0.381. The topological polar surface area (TPSA) is 78.1 Å². The van der Waals surface area contributed by atoms with E-state index in [1.54, 1.807) is 6.20 Å². The predicted octanol–water partition coefficient (Wildman–Crippen LogP) is 5.47. The van der Waals surface area contributed by atoms with Crippen LogP contribution in [0.1, 0.15) is 92.5 Å². The Kier molecular flexibility index (Phi) is 5.82. The van der Waals surface area contributed by atoms with Crippen LogP contribution >= 0.6 is 0 Å². The van der Waals surface area contributed by atoms with Crippen LogP contribution in [-0.4, -0.2) is 15.0 Å². The van der Waals surface area contributed by atoms with Crippen molar-refractivity contribution in [2.75, 3.05) is 0 Å². The summed E-state index contributed by atoms with van der Waals surface area (Å²) in [5, 5.41) is 0. The summed E-state index contributed by atoms with van der Waals surface area (Å²) >= 11 is 0. The molecule has 0 amide bonds. The van der Waals surface area contributed by atoms with Gasteiger partial charge in [-0.1, -0.05) is 27.7 Å². The summed E-state index contributed by atoms with van der Waals surface area (Å²) in [6.45, 7) is 12.3. The minimum Gasteiger partial charge on any atom is -0.446 e. The molecule has 0 bridgehead atoms. The van der Waals surface area contributed by atoms with E-state index in [1.165, 1.54) is 0 Å². The van der Waals surface area contributed by atoms with Crippen LogP contribution in [-0.2, 0) is 12.8 Å². The van der Waals surface area contributed by atoms with Crippen molar-refractivity contribution in [3.8, 4) is 0 Å². The Morgan fingerprint density at radius 3 is 2.30 bits per heavy atom. The molecule has 6 heteroatoms. The maximum absolute atomic E-state index is 6.06. The van der Waals surface area contributed by atoms with Crippen LogP contribution in [0.15, 0.2) is 25.6 Å². The monoisotopic (exact) mass is 371 g/mol. The molecule has 146 valence electrons. The van der Waals surface area contributed by atoms with E-state index < -0.39 is 0 Å². The third kappa shape index (κ3) is 4.67. The van der Waals surface area contributed by atoms with Crippen molar-refractivity contribution in [2.24, 2.45) is 0 Å². The van der Waals surface area contributed by atoms with Crippen LogP contribution in [0.5, 0.6) is 0 Å². The van der Waals surface area contributed by atoms with Gasteiger partial charge >= 0.3 is 0 Å². The van der Waals surface area contributed by atoms with Crippen molar-refractivity contribution in [1.29, 1.82) is 0 Å². The first-order chi connectivity index (χ1) is 12.8. The molecule has 0 aromatic carbocycles. The Labute approximate surface area is 160 Å². The van der Waals surface area contributed by atoms with E-state index in [0.29, 0.717) is 12.3 Å². The molecule has 0 saturated heterocycles. The quantitative estimate of drug-likeness (QED) is 0.522. The van der Waals surface area contributed by atoms with Gasteiger partial charge in [-0.3, -0.25) is 0 Å². The van der Waals surface area contributed by atoms with Crippen molar-refractivity contribution in [3.63, 3.8) is 0 Å². The van der Waals surface area contributed by atoms with E-state index in [2.05, 4.69) is 42.6 Å². The van der Waals surface area contributed by atoms with Crippen LogP contribution < -0.4 is 0 Å². The zero-order valence-electron chi connectivity index (χ0n) is 17.1. The SMILES string of the molecule is Cc1cnc(C(C)CCc2oc(C(C)Cc3ncc(C(C)C)o3)nc2C)o1. The molecule has 0 saturated carbocycles. The summed E-state index contributed by atoms with van der Waals surface area (Å²) in [6, 6.07) is 0. The van der Waals surface area contributed by atoms with E-state index in [9.17, 15) is 0 Å². The van der Waals surface area contributed by atoms with Crippen LogP contribution in [0.2, 0.25) is 0 Å². The van der Waals surface area contributed by atoms with Crippen molar-refractivity contribution >= 4 is 0 Å². The second-order valence-corrected chi connectivity index (χ2v) is 7.73. The Morgan fingerprint density at radius 1 is 0.889 bits per heavy atom. The van der Waals surface area contributed by atoms with Gasteiger partial charge in [-0.25, -0.2) is 15.0 Å². The first-order valence-corrected chi connectivity index (χ1v) is 9.66. The predicted molar refractivity (Wildman–Crippen MR) is 102 cm³/mol. The molecular formula is C21H29N3O3. The van der Waals surface area contributed by atoms with E-state index in [1.807, 2.05) is 20.0 Å². The summed E-state index contributed by atoms with van der Waals surface area (Å²) in [4.78, 5) is 13.3. The van der Waals surface area contributed by atoms with E-state index in [0.717, 1.165) is 53.5 Å². The number of aromatic nitrogens is 3. The first-order valence-electron chi connectivity index (χ1n) is 9.66. The highest BCUT2D eigenvalue weighted by atomic mass is 16.4. The number of oxazole rings is 3. The lowest BCUT2D eigenvalue weighted by Crippen LogP contribution is -1.99. The van der Waals surface area contributed by atoms with Gasteiger partial charge in [0, 0.05) is 30.6 Å². The van der Waals surface area contributed by atoms with Gasteiger partial charge in [0.05, 0.1) is 18.1 Å². The Hall–Kier alpha value is -2.37. The second-order valence-electron chi connectivity index (χ2n) is 7.73. The van der Waals surface area contributed by atoms with Gasteiger partial charge in [0.15, 0.2) is 17.7 Å². The minimum atomic E-state index is 0.114.